The van der Waals surface area contributed by atoms with E-state index >= 15 is 0 Å². The maximum absolute atomic E-state index is 13.2. The molecule has 1 aromatic heterocycles. The van der Waals surface area contributed by atoms with Gasteiger partial charge in [-0.2, -0.15) is 5.10 Å². The van der Waals surface area contributed by atoms with Crippen LogP contribution in [0, 0.1) is 5.82 Å². The molecule has 0 atom stereocenters. The molecule has 0 amide bonds. The lowest BCUT2D eigenvalue weighted by Gasteiger charge is -2.23. The predicted octanol–water partition coefficient (Wildman–Crippen LogP) is 2.52. The van der Waals surface area contributed by atoms with Crippen LogP contribution in [0.4, 0.5) is 15.9 Å². The van der Waals surface area contributed by atoms with Gasteiger partial charge in [-0.05, 0) is 37.6 Å². The van der Waals surface area contributed by atoms with Crippen LogP contribution in [0.1, 0.15) is 13.3 Å². The van der Waals surface area contributed by atoms with Crippen molar-refractivity contribution in [1.29, 1.82) is 0 Å². The summed E-state index contributed by atoms with van der Waals surface area (Å²) in [6.45, 7) is 4.59. The molecule has 5 heteroatoms. The molecule has 0 radical (unpaired) electrons. The summed E-state index contributed by atoms with van der Waals surface area (Å²) in [5.74, 6) is 0.341. The first-order valence-corrected chi connectivity index (χ1v) is 6.48. The largest absolute Gasteiger partial charge is 0.382 e. The lowest BCUT2D eigenvalue weighted by Crippen LogP contribution is -2.25. The smallest absolute Gasteiger partial charge is 0.145 e. The fourth-order valence-electron chi connectivity index (χ4n) is 2.07. The maximum atomic E-state index is 13.2. The monoisotopic (exact) mass is 262 g/mol. The van der Waals surface area contributed by atoms with Crippen molar-refractivity contribution in [3.63, 3.8) is 0 Å². The molecule has 0 bridgehead atoms. The van der Waals surface area contributed by atoms with Crippen molar-refractivity contribution >= 4 is 11.5 Å². The van der Waals surface area contributed by atoms with E-state index in [-0.39, 0.29) is 5.82 Å². The first-order chi connectivity index (χ1) is 9.19. The molecule has 0 spiro atoms. The van der Waals surface area contributed by atoms with Crippen LogP contribution in [-0.4, -0.2) is 22.9 Å². The number of benzene rings is 1. The molecular formula is C14H19FN4. The van der Waals surface area contributed by atoms with Crippen LogP contribution in [-0.2, 0) is 6.54 Å². The van der Waals surface area contributed by atoms with Crippen LogP contribution in [0.5, 0.6) is 0 Å². The Morgan fingerprint density at radius 1 is 1.37 bits per heavy atom. The predicted molar refractivity (Wildman–Crippen MR) is 75.5 cm³/mol. The van der Waals surface area contributed by atoms with Crippen molar-refractivity contribution < 1.29 is 4.39 Å². The molecule has 19 heavy (non-hydrogen) atoms. The quantitative estimate of drug-likeness (QED) is 0.870. The zero-order valence-electron chi connectivity index (χ0n) is 11.1. The van der Waals surface area contributed by atoms with Gasteiger partial charge in [-0.1, -0.05) is 6.07 Å². The fraction of sp³-hybridized carbons (Fsp3) is 0.357. The van der Waals surface area contributed by atoms with E-state index in [1.165, 1.54) is 6.07 Å². The van der Waals surface area contributed by atoms with Crippen molar-refractivity contribution in [2.24, 2.45) is 0 Å². The van der Waals surface area contributed by atoms with Crippen molar-refractivity contribution in [1.82, 2.24) is 9.78 Å². The molecular weight excluding hydrogens is 243 g/mol. The number of hydrogen-bond donors (Lipinski definition) is 1. The minimum absolute atomic E-state index is 0.198. The molecule has 0 fully saturated rings. The summed E-state index contributed by atoms with van der Waals surface area (Å²) in [4.78, 5) is 2.15. The second-order valence-electron chi connectivity index (χ2n) is 4.42. The zero-order valence-corrected chi connectivity index (χ0v) is 11.1. The van der Waals surface area contributed by atoms with Gasteiger partial charge in [-0.25, -0.2) is 4.39 Å². The summed E-state index contributed by atoms with van der Waals surface area (Å²) < 4.78 is 15.0. The number of nitrogens with two attached hydrogens (primary N) is 1. The molecule has 4 nitrogen and oxygen atoms in total. The minimum atomic E-state index is -0.198. The van der Waals surface area contributed by atoms with Crippen molar-refractivity contribution in [3.05, 3.63) is 42.3 Å². The van der Waals surface area contributed by atoms with E-state index in [9.17, 15) is 4.39 Å². The molecule has 2 aromatic rings. The van der Waals surface area contributed by atoms with Gasteiger partial charge >= 0.3 is 0 Å². The Bertz CT molecular complexity index is 524. The number of nitrogen functional groups attached to an aromatic ring is 1. The van der Waals surface area contributed by atoms with Crippen molar-refractivity contribution in [2.75, 3.05) is 23.7 Å². The van der Waals surface area contributed by atoms with E-state index in [1.807, 2.05) is 16.9 Å². The normalized spacial score (nSPS) is 10.6. The van der Waals surface area contributed by atoms with Gasteiger partial charge in [-0.3, -0.25) is 4.68 Å². The molecule has 0 unspecified atom stereocenters. The standard InChI is InChI=1S/C14H19FN4/c1-2-18(13-6-3-5-12(15)11-13)8-4-9-19-10-7-14(16)17-19/h3,5-7,10-11H,2,4,8-9H2,1H3,(H2,16,17). The second-order valence-corrected chi connectivity index (χ2v) is 4.42. The number of anilines is 2. The number of hydrogen-bond acceptors (Lipinski definition) is 3. The molecule has 0 aliphatic rings. The molecule has 0 aliphatic heterocycles. The summed E-state index contributed by atoms with van der Waals surface area (Å²) in [5.41, 5.74) is 6.48. The molecule has 0 saturated carbocycles. The lowest BCUT2D eigenvalue weighted by atomic mass is 10.2. The highest BCUT2D eigenvalue weighted by molar-refractivity contribution is 5.46. The van der Waals surface area contributed by atoms with E-state index in [4.69, 9.17) is 5.73 Å². The first-order valence-electron chi connectivity index (χ1n) is 6.48. The minimum Gasteiger partial charge on any atom is -0.382 e. The number of nitrogens with zero attached hydrogens (tertiary/aromatic N) is 3. The first kappa shape index (κ1) is 13.4. The Morgan fingerprint density at radius 3 is 2.84 bits per heavy atom. The highest BCUT2D eigenvalue weighted by Crippen LogP contribution is 2.15. The van der Waals surface area contributed by atoms with Gasteiger partial charge in [-0.15, -0.1) is 0 Å². The van der Waals surface area contributed by atoms with Crippen LogP contribution in [0.25, 0.3) is 0 Å². The Labute approximate surface area is 112 Å². The van der Waals surface area contributed by atoms with E-state index in [2.05, 4.69) is 16.9 Å². The fourth-order valence-corrected chi connectivity index (χ4v) is 2.07. The van der Waals surface area contributed by atoms with Gasteiger partial charge in [0.05, 0.1) is 0 Å². The van der Waals surface area contributed by atoms with E-state index in [1.54, 1.807) is 18.2 Å². The Hall–Kier alpha value is -2.04. The summed E-state index contributed by atoms with van der Waals surface area (Å²) >= 11 is 0. The molecule has 1 heterocycles. The van der Waals surface area contributed by atoms with Crippen molar-refractivity contribution in [2.45, 2.75) is 19.9 Å². The molecule has 1 aromatic carbocycles. The third kappa shape index (κ3) is 3.71. The van der Waals surface area contributed by atoms with E-state index in [0.717, 1.165) is 31.7 Å². The van der Waals surface area contributed by atoms with E-state index < -0.39 is 0 Å². The zero-order chi connectivity index (χ0) is 13.7. The van der Waals surface area contributed by atoms with Gasteiger partial charge < -0.3 is 10.6 Å². The van der Waals surface area contributed by atoms with Gasteiger partial charge in [0.15, 0.2) is 0 Å². The maximum Gasteiger partial charge on any atom is 0.145 e. The molecule has 102 valence electrons. The Balaban J connectivity index is 1.89. The third-order valence-electron chi connectivity index (χ3n) is 3.03. The number of aromatic nitrogens is 2. The molecule has 2 rings (SSSR count). The summed E-state index contributed by atoms with van der Waals surface area (Å²) in [6.07, 6.45) is 2.80. The van der Waals surface area contributed by atoms with Crippen LogP contribution in [0.2, 0.25) is 0 Å². The summed E-state index contributed by atoms with van der Waals surface area (Å²) in [7, 11) is 0. The van der Waals surface area contributed by atoms with Crippen LogP contribution in [0.3, 0.4) is 0 Å². The highest BCUT2D eigenvalue weighted by atomic mass is 19.1. The highest BCUT2D eigenvalue weighted by Gasteiger charge is 2.05. The van der Waals surface area contributed by atoms with Gasteiger partial charge in [0, 0.05) is 31.5 Å². The third-order valence-corrected chi connectivity index (χ3v) is 3.03. The summed E-state index contributed by atoms with van der Waals surface area (Å²) in [6, 6.07) is 8.48. The van der Waals surface area contributed by atoms with Crippen LogP contribution >= 0.6 is 0 Å². The second kappa shape index (κ2) is 6.22. The van der Waals surface area contributed by atoms with Gasteiger partial charge in [0.1, 0.15) is 11.6 Å². The molecule has 2 N–H and O–H groups in total. The average Bonchev–Trinajstić information content (AvgIpc) is 2.80. The number of halogens is 1. The van der Waals surface area contributed by atoms with Crippen LogP contribution in [0.15, 0.2) is 36.5 Å². The van der Waals surface area contributed by atoms with E-state index in [0.29, 0.717) is 5.82 Å². The number of rotatable bonds is 6. The topological polar surface area (TPSA) is 47.1 Å². The average molecular weight is 262 g/mol. The van der Waals surface area contributed by atoms with Crippen molar-refractivity contribution in [3.8, 4) is 0 Å². The Kier molecular flexibility index (Phi) is 4.39. The SMILES string of the molecule is CCN(CCCn1ccc(N)n1)c1cccc(F)c1. The van der Waals surface area contributed by atoms with Crippen LogP contribution < -0.4 is 10.6 Å². The van der Waals surface area contributed by atoms with Gasteiger partial charge in [0.25, 0.3) is 0 Å². The lowest BCUT2D eigenvalue weighted by molar-refractivity contribution is 0.573. The molecule has 0 saturated heterocycles. The summed E-state index contributed by atoms with van der Waals surface area (Å²) in [5, 5.41) is 4.14. The van der Waals surface area contributed by atoms with Gasteiger partial charge in [0.2, 0.25) is 0 Å². The number of aryl methyl sites for hydroxylation is 1. The Morgan fingerprint density at radius 2 is 2.21 bits per heavy atom. The molecule has 0 aliphatic carbocycles.